The fourth-order valence-electron chi connectivity index (χ4n) is 3.66. The summed E-state index contributed by atoms with van der Waals surface area (Å²) in [6.45, 7) is 1.88. The summed E-state index contributed by atoms with van der Waals surface area (Å²) in [5, 5.41) is 10.3. The Kier molecular flexibility index (Phi) is 7.01. The van der Waals surface area contributed by atoms with Gasteiger partial charge in [-0.15, -0.1) is 0 Å². The average molecular weight is 495 g/mol. The summed E-state index contributed by atoms with van der Waals surface area (Å²) in [4.78, 5) is 7.42. The lowest BCUT2D eigenvalue weighted by Gasteiger charge is -2.19. The van der Waals surface area contributed by atoms with Crippen molar-refractivity contribution < 1.29 is 27.5 Å². The summed E-state index contributed by atoms with van der Waals surface area (Å²) in [6.07, 6.45) is 1.57. The van der Waals surface area contributed by atoms with Gasteiger partial charge in [0, 0.05) is 18.7 Å². The third-order valence-electron chi connectivity index (χ3n) is 5.49. The molecular weight excluding hydrogens is 472 g/mol. The van der Waals surface area contributed by atoms with Crippen LogP contribution in [0.2, 0.25) is 0 Å². The fraction of sp³-hybridized carbons (Fsp3) is 0.240. The minimum absolute atomic E-state index is 0.0688. The van der Waals surface area contributed by atoms with Crippen LogP contribution in [0.3, 0.4) is 0 Å². The van der Waals surface area contributed by atoms with E-state index in [9.17, 15) is 8.78 Å². The third-order valence-corrected chi connectivity index (χ3v) is 5.49. The van der Waals surface area contributed by atoms with E-state index >= 15 is 0 Å². The highest BCUT2D eigenvalue weighted by atomic mass is 19.2. The smallest absolute Gasteiger partial charge is 0.189 e. The third kappa shape index (κ3) is 5.26. The Morgan fingerprint density at radius 3 is 2.81 bits per heavy atom. The number of H-pyrrole nitrogens is 1. The van der Waals surface area contributed by atoms with E-state index in [1.54, 1.807) is 18.3 Å². The van der Waals surface area contributed by atoms with E-state index in [0.717, 1.165) is 17.3 Å². The number of aromatic amines is 1. The normalized spacial score (nSPS) is 12.7. The first-order valence-corrected chi connectivity index (χ1v) is 11.2. The van der Waals surface area contributed by atoms with Crippen molar-refractivity contribution in [3.8, 4) is 28.4 Å². The average Bonchev–Trinajstić information content (AvgIpc) is 3.53. The molecule has 2 aromatic carbocycles. The van der Waals surface area contributed by atoms with Crippen LogP contribution in [0.25, 0.3) is 22.6 Å². The zero-order chi connectivity index (χ0) is 24.9. The molecule has 2 aromatic heterocycles. The Labute approximate surface area is 205 Å². The summed E-state index contributed by atoms with van der Waals surface area (Å²) in [5.74, 6) is -0.320. The van der Waals surface area contributed by atoms with Crippen LogP contribution in [-0.2, 0) is 22.6 Å². The molecule has 0 saturated carbocycles. The monoisotopic (exact) mass is 495 g/mol. The highest BCUT2D eigenvalue weighted by molar-refractivity contribution is 5.80. The summed E-state index contributed by atoms with van der Waals surface area (Å²) < 4.78 is 49.0. The minimum atomic E-state index is -0.943. The van der Waals surface area contributed by atoms with Crippen molar-refractivity contribution in [2.75, 3.05) is 27.1 Å². The molecular formula is C25H23F2N5O4. The lowest BCUT2D eigenvalue weighted by Crippen LogP contribution is -2.21. The molecule has 9 nitrogen and oxygen atoms in total. The van der Waals surface area contributed by atoms with Gasteiger partial charge in [-0.05, 0) is 36.4 Å². The van der Waals surface area contributed by atoms with E-state index in [-0.39, 0.29) is 18.2 Å². The molecule has 4 aromatic rings. The van der Waals surface area contributed by atoms with Crippen LogP contribution in [0.1, 0.15) is 17.1 Å². The number of nitrogens with one attached hydrogen (secondary N) is 1. The van der Waals surface area contributed by atoms with E-state index < -0.39 is 11.6 Å². The van der Waals surface area contributed by atoms with Gasteiger partial charge in [-0.1, -0.05) is 11.2 Å². The first kappa shape index (κ1) is 23.6. The standard InChI is InChI=1S/C25H23F2N5O4/c1-33-9-10-34-15-35-17-7-5-16(6-8-17)21-11-18(36-31-21)13-32-14-23-22(12-28-32)29-25(30-23)19-3-2-4-20(26)24(19)27/h2-8,11-12H,9-10,13-15H2,1H3,(H,29,30). The number of ether oxygens (including phenoxy) is 3. The quantitative estimate of drug-likeness (QED) is 0.258. The van der Waals surface area contributed by atoms with Crippen LogP contribution in [-0.4, -0.2) is 53.5 Å². The van der Waals surface area contributed by atoms with E-state index in [0.29, 0.717) is 49.2 Å². The molecule has 36 heavy (non-hydrogen) atoms. The molecule has 0 saturated heterocycles. The first-order valence-electron chi connectivity index (χ1n) is 11.2. The molecule has 11 heteroatoms. The number of imidazole rings is 1. The van der Waals surface area contributed by atoms with Crippen molar-refractivity contribution >= 4 is 6.21 Å². The topological polar surface area (TPSA) is 98.0 Å². The van der Waals surface area contributed by atoms with Crippen molar-refractivity contribution in [3.05, 3.63) is 77.3 Å². The number of nitrogens with zero attached hydrogens (tertiary/aromatic N) is 4. The Bertz CT molecular complexity index is 1350. The van der Waals surface area contributed by atoms with Gasteiger partial charge in [-0.2, -0.15) is 5.10 Å². The second kappa shape index (κ2) is 10.7. The number of rotatable bonds is 10. The van der Waals surface area contributed by atoms with Gasteiger partial charge in [0.05, 0.1) is 43.8 Å². The molecule has 1 N–H and O–H groups in total. The van der Waals surface area contributed by atoms with E-state index in [1.165, 1.54) is 12.1 Å². The lowest BCUT2D eigenvalue weighted by atomic mass is 10.1. The van der Waals surface area contributed by atoms with Crippen LogP contribution in [0.5, 0.6) is 5.75 Å². The molecule has 0 aliphatic carbocycles. The number of hydrazone groups is 1. The Balaban J connectivity index is 1.19. The molecule has 0 fully saturated rings. The first-order chi connectivity index (χ1) is 17.6. The highest BCUT2D eigenvalue weighted by Gasteiger charge is 2.21. The van der Waals surface area contributed by atoms with Gasteiger partial charge < -0.3 is 23.7 Å². The molecule has 186 valence electrons. The molecule has 0 bridgehead atoms. The van der Waals surface area contributed by atoms with Crippen molar-refractivity contribution in [1.29, 1.82) is 0 Å². The van der Waals surface area contributed by atoms with Gasteiger partial charge in [0.1, 0.15) is 23.0 Å². The number of benzene rings is 2. The zero-order valence-corrected chi connectivity index (χ0v) is 19.4. The van der Waals surface area contributed by atoms with Crippen molar-refractivity contribution in [2.24, 2.45) is 5.10 Å². The molecule has 0 spiro atoms. The van der Waals surface area contributed by atoms with Crippen molar-refractivity contribution in [3.63, 3.8) is 0 Å². The molecule has 0 amide bonds. The van der Waals surface area contributed by atoms with Gasteiger partial charge in [0.25, 0.3) is 0 Å². The number of halogens is 2. The summed E-state index contributed by atoms with van der Waals surface area (Å²) in [5.41, 5.74) is 2.94. The van der Waals surface area contributed by atoms with Crippen molar-refractivity contribution in [2.45, 2.75) is 13.1 Å². The lowest BCUT2D eigenvalue weighted by molar-refractivity contribution is -0.00846. The van der Waals surface area contributed by atoms with E-state index in [1.807, 2.05) is 30.3 Å². The molecule has 3 heterocycles. The highest BCUT2D eigenvalue weighted by Crippen LogP contribution is 2.26. The predicted molar refractivity (Wildman–Crippen MR) is 126 cm³/mol. The molecule has 0 unspecified atom stereocenters. The second-order valence-corrected chi connectivity index (χ2v) is 7.98. The second-order valence-electron chi connectivity index (χ2n) is 7.98. The summed E-state index contributed by atoms with van der Waals surface area (Å²) in [7, 11) is 1.61. The number of fused-ring (bicyclic) bond motifs is 1. The van der Waals surface area contributed by atoms with Crippen LogP contribution in [0.15, 0.2) is 58.2 Å². The maximum absolute atomic E-state index is 14.2. The minimum Gasteiger partial charge on any atom is -0.468 e. The number of aromatic nitrogens is 3. The van der Waals surface area contributed by atoms with Crippen LogP contribution < -0.4 is 4.74 Å². The molecule has 1 aliphatic heterocycles. The molecule has 0 atom stereocenters. The molecule has 0 radical (unpaired) electrons. The summed E-state index contributed by atoms with van der Waals surface area (Å²) >= 11 is 0. The largest absolute Gasteiger partial charge is 0.468 e. The maximum Gasteiger partial charge on any atom is 0.189 e. The fourth-order valence-corrected chi connectivity index (χ4v) is 3.66. The number of hydrogen-bond acceptors (Lipinski definition) is 8. The van der Waals surface area contributed by atoms with Crippen LogP contribution in [0, 0.1) is 11.6 Å². The SMILES string of the molecule is COCCOCOc1ccc(-c2cc(CN3Cc4[nH]c(-c5cccc(F)c5F)nc4C=N3)on2)cc1. The molecule has 1 aliphatic rings. The van der Waals surface area contributed by atoms with E-state index in [4.69, 9.17) is 18.7 Å². The zero-order valence-electron chi connectivity index (χ0n) is 19.4. The van der Waals surface area contributed by atoms with Crippen molar-refractivity contribution in [1.82, 2.24) is 20.1 Å². The van der Waals surface area contributed by atoms with Gasteiger partial charge in [-0.3, -0.25) is 5.01 Å². The number of methoxy groups -OCH3 is 1. The summed E-state index contributed by atoms with van der Waals surface area (Å²) in [6, 6.07) is 13.3. The van der Waals surface area contributed by atoms with Crippen LogP contribution >= 0.6 is 0 Å². The van der Waals surface area contributed by atoms with Gasteiger partial charge in [-0.25, -0.2) is 13.8 Å². The van der Waals surface area contributed by atoms with Crippen LogP contribution in [0.4, 0.5) is 8.78 Å². The van der Waals surface area contributed by atoms with Gasteiger partial charge in [0.15, 0.2) is 24.2 Å². The van der Waals surface area contributed by atoms with E-state index in [2.05, 4.69) is 20.2 Å². The Morgan fingerprint density at radius 1 is 1.11 bits per heavy atom. The van der Waals surface area contributed by atoms with Gasteiger partial charge in [0.2, 0.25) is 0 Å². The maximum atomic E-state index is 14.2. The molecule has 5 rings (SSSR count). The number of hydrogen-bond donors (Lipinski definition) is 1. The Morgan fingerprint density at radius 2 is 1.97 bits per heavy atom. The predicted octanol–water partition coefficient (Wildman–Crippen LogP) is 4.36. The van der Waals surface area contributed by atoms with Gasteiger partial charge >= 0.3 is 0 Å². The Hall–Kier alpha value is -4.09.